The number of hydrogen-bond donors (Lipinski definition) is 0. The number of unbranched alkanes of at least 4 members (excludes halogenated alkanes) is 3. The molecule has 0 aliphatic carbocycles. The summed E-state index contributed by atoms with van der Waals surface area (Å²) in [5.74, 6) is -0.114. The van der Waals surface area contributed by atoms with Crippen LogP contribution in [0.5, 0.6) is 0 Å². The van der Waals surface area contributed by atoms with Gasteiger partial charge in [0.05, 0.1) is 6.07 Å². The maximum absolute atomic E-state index is 10.6. The molecule has 2 heterocycles. The lowest BCUT2D eigenvalue weighted by atomic mass is 10.2. The average Bonchev–Trinajstić information content (AvgIpc) is 3.09. The molecule has 0 bridgehead atoms. The van der Waals surface area contributed by atoms with Gasteiger partial charge in [0.15, 0.2) is 5.76 Å². The summed E-state index contributed by atoms with van der Waals surface area (Å²) in [5, 5.41) is 24.1. The van der Waals surface area contributed by atoms with Crippen molar-refractivity contribution in [2.45, 2.75) is 39.2 Å². The van der Waals surface area contributed by atoms with E-state index in [0.717, 1.165) is 25.8 Å². The summed E-state index contributed by atoms with van der Waals surface area (Å²) in [6, 6.07) is 4.76. The second kappa shape index (κ2) is 6.70. The molecule has 0 aliphatic heterocycles. The number of hydrogen-bond acceptors (Lipinski definition) is 5. The Bertz CT molecular complexity index is 666. The molecule has 0 saturated heterocycles. The standard InChI is InChI=1S/C14H16N4O3/c1-2-3-4-5-8-17-10-11(9-15)14(16-17)12-6-7-13(21-12)18(19)20/h6-7,10H,2-5,8H2,1H3. The van der Waals surface area contributed by atoms with Crippen LogP contribution in [0.1, 0.15) is 38.2 Å². The molecule has 0 atom stereocenters. The minimum Gasteiger partial charge on any atom is -0.399 e. The highest BCUT2D eigenvalue weighted by Crippen LogP contribution is 2.27. The fourth-order valence-corrected chi connectivity index (χ4v) is 2.05. The third kappa shape index (κ3) is 3.48. The summed E-state index contributed by atoms with van der Waals surface area (Å²) < 4.78 is 6.80. The SMILES string of the molecule is CCCCCCn1cc(C#N)c(-c2ccc([N+](=O)[O-])o2)n1. The normalized spacial score (nSPS) is 10.5. The van der Waals surface area contributed by atoms with E-state index in [2.05, 4.69) is 12.0 Å². The third-order valence-electron chi connectivity index (χ3n) is 3.13. The molecule has 0 unspecified atom stereocenters. The molecule has 2 aromatic heterocycles. The van der Waals surface area contributed by atoms with Crippen LogP contribution >= 0.6 is 0 Å². The fraction of sp³-hybridized carbons (Fsp3) is 0.429. The molecular formula is C14H16N4O3. The van der Waals surface area contributed by atoms with Gasteiger partial charge in [-0.15, -0.1) is 0 Å². The number of nitriles is 1. The second-order valence-electron chi connectivity index (χ2n) is 4.72. The Morgan fingerprint density at radius 2 is 2.24 bits per heavy atom. The van der Waals surface area contributed by atoms with Gasteiger partial charge in [-0.05, 0) is 12.5 Å². The predicted molar refractivity (Wildman–Crippen MR) is 75.4 cm³/mol. The maximum Gasteiger partial charge on any atom is 0.433 e. The van der Waals surface area contributed by atoms with Crippen molar-refractivity contribution < 1.29 is 9.34 Å². The van der Waals surface area contributed by atoms with Crippen molar-refractivity contribution in [1.29, 1.82) is 5.26 Å². The number of aryl methyl sites for hydroxylation is 1. The first-order valence-corrected chi connectivity index (χ1v) is 6.88. The first kappa shape index (κ1) is 14.8. The van der Waals surface area contributed by atoms with Gasteiger partial charge in [0.2, 0.25) is 0 Å². The zero-order chi connectivity index (χ0) is 15.2. The Hall–Kier alpha value is -2.62. The minimum atomic E-state index is -0.614. The lowest BCUT2D eigenvalue weighted by Crippen LogP contribution is -1.98. The molecule has 0 amide bonds. The van der Waals surface area contributed by atoms with Crippen LogP contribution in [-0.4, -0.2) is 14.7 Å². The molecule has 0 radical (unpaired) electrons. The van der Waals surface area contributed by atoms with Crippen LogP contribution in [0.2, 0.25) is 0 Å². The molecule has 0 spiro atoms. The molecule has 2 aromatic rings. The Labute approximate surface area is 121 Å². The highest BCUT2D eigenvalue weighted by molar-refractivity contribution is 5.61. The van der Waals surface area contributed by atoms with Gasteiger partial charge in [0.1, 0.15) is 22.2 Å². The number of rotatable bonds is 7. The van der Waals surface area contributed by atoms with E-state index >= 15 is 0 Å². The van der Waals surface area contributed by atoms with Crippen LogP contribution in [0.4, 0.5) is 5.88 Å². The van der Waals surface area contributed by atoms with Crippen molar-refractivity contribution >= 4 is 5.88 Å². The summed E-state index contributed by atoms with van der Waals surface area (Å²) in [6.45, 7) is 2.86. The Kier molecular flexibility index (Phi) is 4.72. The van der Waals surface area contributed by atoms with E-state index in [-0.39, 0.29) is 11.6 Å². The molecule has 0 fully saturated rings. The van der Waals surface area contributed by atoms with Crippen molar-refractivity contribution in [2.75, 3.05) is 0 Å². The number of furan rings is 1. The van der Waals surface area contributed by atoms with Crippen molar-refractivity contribution in [3.8, 4) is 17.5 Å². The van der Waals surface area contributed by atoms with E-state index < -0.39 is 4.92 Å². The van der Waals surface area contributed by atoms with Gasteiger partial charge >= 0.3 is 5.88 Å². The van der Waals surface area contributed by atoms with Crippen LogP contribution < -0.4 is 0 Å². The third-order valence-corrected chi connectivity index (χ3v) is 3.13. The number of aromatic nitrogens is 2. The van der Waals surface area contributed by atoms with Gasteiger partial charge in [-0.1, -0.05) is 26.2 Å². The summed E-state index contributed by atoms with van der Waals surface area (Å²) in [7, 11) is 0. The Morgan fingerprint density at radius 3 is 2.86 bits per heavy atom. The van der Waals surface area contributed by atoms with Crippen LogP contribution in [0.15, 0.2) is 22.7 Å². The average molecular weight is 288 g/mol. The first-order valence-electron chi connectivity index (χ1n) is 6.88. The van der Waals surface area contributed by atoms with E-state index in [0.29, 0.717) is 11.3 Å². The van der Waals surface area contributed by atoms with E-state index in [1.165, 1.54) is 18.6 Å². The van der Waals surface area contributed by atoms with E-state index in [4.69, 9.17) is 9.68 Å². The smallest absolute Gasteiger partial charge is 0.399 e. The van der Waals surface area contributed by atoms with Gasteiger partial charge < -0.3 is 4.42 Å². The van der Waals surface area contributed by atoms with Gasteiger partial charge in [-0.2, -0.15) is 10.4 Å². The molecule has 0 aliphatic rings. The van der Waals surface area contributed by atoms with Crippen molar-refractivity contribution in [3.63, 3.8) is 0 Å². The lowest BCUT2D eigenvalue weighted by Gasteiger charge is -2.00. The zero-order valence-electron chi connectivity index (χ0n) is 11.8. The van der Waals surface area contributed by atoms with Crippen molar-refractivity contribution in [1.82, 2.24) is 9.78 Å². The van der Waals surface area contributed by atoms with Gasteiger partial charge in [0.25, 0.3) is 0 Å². The Morgan fingerprint density at radius 1 is 1.43 bits per heavy atom. The van der Waals surface area contributed by atoms with Crippen LogP contribution in [0.3, 0.4) is 0 Å². The molecular weight excluding hydrogens is 272 g/mol. The van der Waals surface area contributed by atoms with E-state index in [9.17, 15) is 10.1 Å². The molecule has 0 N–H and O–H groups in total. The summed E-state index contributed by atoms with van der Waals surface area (Å²) >= 11 is 0. The molecule has 7 nitrogen and oxygen atoms in total. The maximum atomic E-state index is 10.6. The number of nitrogens with zero attached hydrogens (tertiary/aromatic N) is 4. The fourth-order valence-electron chi connectivity index (χ4n) is 2.05. The zero-order valence-corrected chi connectivity index (χ0v) is 11.8. The first-order chi connectivity index (χ1) is 10.2. The largest absolute Gasteiger partial charge is 0.433 e. The van der Waals surface area contributed by atoms with Gasteiger partial charge in [-0.3, -0.25) is 14.8 Å². The quantitative estimate of drug-likeness (QED) is 0.441. The van der Waals surface area contributed by atoms with Gasteiger partial charge in [0, 0.05) is 12.7 Å². The van der Waals surface area contributed by atoms with E-state index in [1.54, 1.807) is 10.9 Å². The molecule has 2 rings (SSSR count). The molecule has 7 heteroatoms. The summed E-state index contributed by atoms with van der Waals surface area (Å²) in [4.78, 5) is 10.0. The van der Waals surface area contributed by atoms with E-state index in [1.807, 2.05) is 6.07 Å². The van der Waals surface area contributed by atoms with Crippen molar-refractivity contribution in [2.24, 2.45) is 0 Å². The monoisotopic (exact) mass is 288 g/mol. The van der Waals surface area contributed by atoms with Crippen molar-refractivity contribution in [3.05, 3.63) is 34.0 Å². The van der Waals surface area contributed by atoms with Crippen LogP contribution in [0.25, 0.3) is 11.5 Å². The minimum absolute atomic E-state index is 0.241. The summed E-state index contributed by atoms with van der Waals surface area (Å²) in [6.07, 6.45) is 6.07. The topological polar surface area (TPSA) is 97.9 Å². The molecule has 0 aromatic carbocycles. The van der Waals surface area contributed by atoms with Gasteiger partial charge in [-0.25, -0.2) is 0 Å². The number of nitro groups is 1. The second-order valence-corrected chi connectivity index (χ2v) is 4.72. The van der Waals surface area contributed by atoms with Crippen LogP contribution in [-0.2, 0) is 6.54 Å². The Balaban J connectivity index is 2.17. The highest BCUT2D eigenvalue weighted by atomic mass is 16.6. The molecule has 110 valence electrons. The lowest BCUT2D eigenvalue weighted by molar-refractivity contribution is -0.401. The van der Waals surface area contributed by atoms with Crippen LogP contribution in [0, 0.1) is 21.4 Å². The summed E-state index contributed by atoms with van der Waals surface area (Å²) in [5.41, 5.74) is 0.704. The predicted octanol–water partition coefficient (Wildman–Crippen LogP) is 3.50. The highest BCUT2D eigenvalue weighted by Gasteiger charge is 2.18. The molecule has 0 saturated carbocycles. The molecule has 21 heavy (non-hydrogen) atoms.